The molecule has 2 aliphatic heterocycles. The molecule has 0 aromatic heterocycles. The van der Waals surface area contributed by atoms with E-state index in [9.17, 15) is 9.59 Å². The maximum atomic E-state index is 12.3. The summed E-state index contributed by atoms with van der Waals surface area (Å²) in [7, 11) is 0. The smallest absolute Gasteiger partial charge is 0.308 e. The molecule has 2 aliphatic rings. The summed E-state index contributed by atoms with van der Waals surface area (Å²) in [5.74, 6) is -0.409. The number of amides is 1. The standard InChI is InChI=1S/C15H26N2O5.ClH/c1-2-20-9-7-17-6-5-16-13(15(17)19)10-14(18)22-11-12-4-3-8-21-12;/h12-13,16H,2-11H2,1H3;1H. The van der Waals surface area contributed by atoms with Gasteiger partial charge in [-0.2, -0.15) is 0 Å². The normalized spacial score (nSPS) is 24.4. The van der Waals surface area contributed by atoms with E-state index in [1.165, 1.54) is 0 Å². The summed E-state index contributed by atoms with van der Waals surface area (Å²) in [5.41, 5.74) is 0. The second-order valence-electron chi connectivity index (χ2n) is 5.55. The maximum Gasteiger partial charge on any atom is 0.308 e. The summed E-state index contributed by atoms with van der Waals surface area (Å²) in [6.45, 7) is 6.00. The molecule has 2 atom stereocenters. The molecule has 0 aromatic rings. The lowest BCUT2D eigenvalue weighted by atomic mass is 10.1. The van der Waals surface area contributed by atoms with Crippen LogP contribution in [0.15, 0.2) is 0 Å². The molecule has 23 heavy (non-hydrogen) atoms. The second kappa shape index (κ2) is 10.8. The molecule has 1 amide bonds. The molecule has 0 radical (unpaired) electrons. The lowest BCUT2D eigenvalue weighted by molar-refractivity contribution is -0.151. The molecular formula is C15H27ClN2O5. The predicted molar refractivity (Wildman–Crippen MR) is 86.7 cm³/mol. The molecule has 2 unspecified atom stereocenters. The highest BCUT2D eigenvalue weighted by Crippen LogP contribution is 2.13. The predicted octanol–water partition coefficient (Wildman–Crippen LogP) is 0.357. The number of carbonyl (C=O) groups excluding carboxylic acids is 2. The fourth-order valence-corrected chi connectivity index (χ4v) is 2.68. The van der Waals surface area contributed by atoms with Crippen LogP contribution in [-0.4, -0.2) is 75.0 Å². The Kier molecular flexibility index (Phi) is 9.47. The second-order valence-corrected chi connectivity index (χ2v) is 5.55. The fourth-order valence-electron chi connectivity index (χ4n) is 2.68. The van der Waals surface area contributed by atoms with E-state index in [2.05, 4.69) is 5.32 Å². The van der Waals surface area contributed by atoms with Crippen molar-refractivity contribution < 1.29 is 23.8 Å². The molecule has 7 nitrogen and oxygen atoms in total. The number of hydrogen-bond donors (Lipinski definition) is 1. The van der Waals surface area contributed by atoms with E-state index in [0.717, 1.165) is 19.4 Å². The van der Waals surface area contributed by atoms with Gasteiger partial charge in [0.1, 0.15) is 6.61 Å². The van der Waals surface area contributed by atoms with Crippen molar-refractivity contribution in [2.75, 3.05) is 46.1 Å². The van der Waals surface area contributed by atoms with Gasteiger partial charge in [0.2, 0.25) is 5.91 Å². The first-order valence-electron chi connectivity index (χ1n) is 8.08. The number of ether oxygens (including phenoxy) is 3. The summed E-state index contributed by atoms with van der Waals surface area (Å²) in [6, 6.07) is -0.493. The third kappa shape index (κ3) is 6.63. The Morgan fingerprint density at radius 2 is 2.30 bits per heavy atom. The van der Waals surface area contributed by atoms with Gasteiger partial charge in [0, 0.05) is 32.8 Å². The van der Waals surface area contributed by atoms with Crippen molar-refractivity contribution in [3.05, 3.63) is 0 Å². The summed E-state index contributed by atoms with van der Waals surface area (Å²) in [4.78, 5) is 25.9. The zero-order valence-electron chi connectivity index (χ0n) is 13.6. The third-order valence-electron chi connectivity index (χ3n) is 3.92. The van der Waals surface area contributed by atoms with Gasteiger partial charge in [-0.1, -0.05) is 0 Å². The minimum absolute atomic E-state index is 0. The highest BCUT2D eigenvalue weighted by Gasteiger charge is 2.30. The van der Waals surface area contributed by atoms with E-state index in [1.54, 1.807) is 4.90 Å². The van der Waals surface area contributed by atoms with Crippen LogP contribution in [0.25, 0.3) is 0 Å². The Balaban J connectivity index is 0.00000264. The van der Waals surface area contributed by atoms with Crippen LogP contribution < -0.4 is 5.32 Å². The number of rotatable bonds is 8. The SMILES string of the molecule is CCOCCN1CCNC(CC(=O)OCC2CCCO2)C1=O.Cl. The van der Waals surface area contributed by atoms with E-state index in [4.69, 9.17) is 14.2 Å². The largest absolute Gasteiger partial charge is 0.463 e. The quantitative estimate of drug-likeness (QED) is 0.503. The Morgan fingerprint density at radius 3 is 3.00 bits per heavy atom. The van der Waals surface area contributed by atoms with Crippen molar-refractivity contribution in [3.8, 4) is 0 Å². The first kappa shape index (κ1) is 20.2. The number of nitrogens with zero attached hydrogens (tertiary/aromatic N) is 1. The van der Waals surface area contributed by atoms with Gasteiger partial charge in [0.15, 0.2) is 0 Å². The van der Waals surface area contributed by atoms with Crippen molar-refractivity contribution in [1.29, 1.82) is 0 Å². The molecule has 2 fully saturated rings. The minimum Gasteiger partial charge on any atom is -0.463 e. The number of hydrogen-bond acceptors (Lipinski definition) is 6. The van der Waals surface area contributed by atoms with E-state index < -0.39 is 6.04 Å². The van der Waals surface area contributed by atoms with Crippen molar-refractivity contribution in [3.63, 3.8) is 0 Å². The molecule has 0 spiro atoms. The van der Waals surface area contributed by atoms with Gasteiger partial charge in [-0.15, -0.1) is 12.4 Å². The number of piperazine rings is 1. The van der Waals surface area contributed by atoms with E-state index in [0.29, 0.717) is 32.8 Å². The fraction of sp³-hybridized carbons (Fsp3) is 0.867. The third-order valence-corrected chi connectivity index (χ3v) is 3.92. The number of esters is 1. The molecule has 8 heteroatoms. The molecule has 2 saturated heterocycles. The van der Waals surface area contributed by atoms with Gasteiger partial charge < -0.3 is 24.4 Å². The number of halogens is 1. The molecule has 0 aromatic carbocycles. The van der Waals surface area contributed by atoms with Crippen molar-refractivity contribution in [1.82, 2.24) is 10.2 Å². The molecule has 2 rings (SSSR count). The van der Waals surface area contributed by atoms with Crippen molar-refractivity contribution in [2.24, 2.45) is 0 Å². The molecule has 0 aliphatic carbocycles. The summed E-state index contributed by atoms with van der Waals surface area (Å²) >= 11 is 0. The van der Waals surface area contributed by atoms with Gasteiger partial charge in [0.05, 0.1) is 25.2 Å². The van der Waals surface area contributed by atoms with Crippen LogP contribution in [0, 0.1) is 0 Å². The monoisotopic (exact) mass is 350 g/mol. The van der Waals surface area contributed by atoms with Gasteiger partial charge in [-0.05, 0) is 19.8 Å². The average molecular weight is 351 g/mol. The zero-order chi connectivity index (χ0) is 15.8. The zero-order valence-corrected chi connectivity index (χ0v) is 14.4. The number of carbonyl (C=O) groups is 2. The van der Waals surface area contributed by atoms with Crippen LogP contribution in [0.1, 0.15) is 26.2 Å². The average Bonchev–Trinajstić information content (AvgIpc) is 3.02. The molecule has 1 N–H and O–H groups in total. The van der Waals surface area contributed by atoms with Gasteiger partial charge in [-0.25, -0.2) is 0 Å². The lowest BCUT2D eigenvalue weighted by Gasteiger charge is -2.32. The molecule has 2 heterocycles. The Hall–Kier alpha value is -0.890. The van der Waals surface area contributed by atoms with Gasteiger partial charge in [0.25, 0.3) is 0 Å². The maximum absolute atomic E-state index is 12.3. The van der Waals surface area contributed by atoms with Crippen molar-refractivity contribution in [2.45, 2.75) is 38.3 Å². The van der Waals surface area contributed by atoms with Crippen LogP contribution in [0.3, 0.4) is 0 Å². The molecule has 0 saturated carbocycles. The van der Waals surface area contributed by atoms with Crippen LogP contribution in [0.5, 0.6) is 0 Å². The van der Waals surface area contributed by atoms with E-state index in [-0.39, 0.29) is 43.4 Å². The first-order valence-corrected chi connectivity index (χ1v) is 8.08. The van der Waals surface area contributed by atoms with Crippen LogP contribution in [-0.2, 0) is 23.8 Å². The van der Waals surface area contributed by atoms with Crippen LogP contribution >= 0.6 is 12.4 Å². The van der Waals surface area contributed by atoms with Gasteiger partial charge >= 0.3 is 5.97 Å². The topological polar surface area (TPSA) is 77.1 Å². The molecular weight excluding hydrogens is 324 g/mol. The van der Waals surface area contributed by atoms with Gasteiger partial charge in [-0.3, -0.25) is 9.59 Å². The lowest BCUT2D eigenvalue weighted by Crippen LogP contribution is -2.56. The van der Waals surface area contributed by atoms with Crippen LogP contribution in [0.4, 0.5) is 0 Å². The summed E-state index contributed by atoms with van der Waals surface area (Å²) in [5, 5.41) is 3.08. The summed E-state index contributed by atoms with van der Waals surface area (Å²) in [6.07, 6.45) is 2.02. The molecule has 134 valence electrons. The van der Waals surface area contributed by atoms with Crippen molar-refractivity contribution >= 4 is 24.3 Å². The summed E-state index contributed by atoms with van der Waals surface area (Å²) < 4.78 is 15.9. The van der Waals surface area contributed by atoms with E-state index in [1.807, 2.05) is 6.92 Å². The number of nitrogens with one attached hydrogen (secondary N) is 1. The Morgan fingerprint density at radius 1 is 1.48 bits per heavy atom. The first-order chi connectivity index (χ1) is 10.7. The molecule has 0 bridgehead atoms. The highest BCUT2D eigenvalue weighted by molar-refractivity contribution is 5.87. The van der Waals surface area contributed by atoms with E-state index >= 15 is 0 Å². The minimum atomic E-state index is -0.493. The highest BCUT2D eigenvalue weighted by atomic mass is 35.5. The van der Waals surface area contributed by atoms with Crippen LogP contribution in [0.2, 0.25) is 0 Å². The Labute approximate surface area is 143 Å². The Bertz CT molecular complexity index is 377.